The van der Waals surface area contributed by atoms with Crippen molar-refractivity contribution in [3.63, 3.8) is 0 Å². The molecule has 0 aromatic heterocycles. The smallest absolute Gasteiger partial charge is 0.313 e. The molecule has 3 aliphatic carbocycles. The second-order valence-corrected chi connectivity index (χ2v) is 6.79. The van der Waals surface area contributed by atoms with Crippen molar-refractivity contribution in [3.05, 3.63) is 0 Å². The van der Waals surface area contributed by atoms with Crippen molar-refractivity contribution in [3.8, 4) is 0 Å². The van der Waals surface area contributed by atoms with Gasteiger partial charge >= 0.3 is 6.18 Å². The Balaban J connectivity index is 1.54. The van der Waals surface area contributed by atoms with Gasteiger partial charge in [-0.1, -0.05) is 12.8 Å². The van der Waals surface area contributed by atoms with Crippen molar-refractivity contribution in [1.29, 1.82) is 0 Å². The second-order valence-electron chi connectivity index (χ2n) is 6.79. The monoisotopic (exact) mass is 275 g/mol. The molecule has 1 N–H and O–H groups in total. The van der Waals surface area contributed by atoms with Gasteiger partial charge in [-0.05, 0) is 62.8 Å². The van der Waals surface area contributed by atoms with Crippen LogP contribution in [0.4, 0.5) is 13.2 Å². The summed E-state index contributed by atoms with van der Waals surface area (Å²) in [4.78, 5) is 0. The highest BCUT2D eigenvalue weighted by atomic mass is 19.4. The lowest BCUT2D eigenvalue weighted by molar-refractivity contribution is -0.189. The molecule has 0 aromatic rings. The summed E-state index contributed by atoms with van der Waals surface area (Å²) in [6.45, 7) is 0.826. The summed E-state index contributed by atoms with van der Waals surface area (Å²) in [6.07, 6.45) is 3.88. The van der Waals surface area contributed by atoms with E-state index in [1.807, 2.05) is 0 Å². The maximum absolute atomic E-state index is 13.0. The first kappa shape index (κ1) is 13.7. The summed E-state index contributed by atoms with van der Waals surface area (Å²) in [7, 11) is 0. The van der Waals surface area contributed by atoms with Gasteiger partial charge in [0, 0.05) is 6.04 Å². The number of hydrogen-bond acceptors (Lipinski definition) is 1. The largest absolute Gasteiger partial charge is 0.393 e. The Morgan fingerprint density at radius 3 is 2.00 bits per heavy atom. The standard InChI is InChI=1S/C15H24F3N/c16-15(17,18)13-3-1-2-4-14(13)19-9-12(10-5-6-10)11-7-8-11/h10-14,19H,1-9H2. The van der Waals surface area contributed by atoms with Gasteiger partial charge in [0.05, 0.1) is 5.92 Å². The third kappa shape index (κ3) is 3.45. The zero-order chi connectivity index (χ0) is 13.5. The zero-order valence-electron chi connectivity index (χ0n) is 11.4. The van der Waals surface area contributed by atoms with Crippen molar-refractivity contribution < 1.29 is 13.2 Å². The SMILES string of the molecule is FC(F)(F)C1CCCCC1NCC(C1CC1)C1CC1. The first-order valence-electron chi connectivity index (χ1n) is 7.86. The molecule has 0 saturated heterocycles. The van der Waals surface area contributed by atoms with Crippen LogP contribution in [0, 0.1) is 23.7 Å². The Kier molecular flexibility index (Phi) is 3.80. The van der Waals surface area contributed by atoms with E-state index in [2.05, 4.69) is 5.32 Å². The van der Waals surface area contributed by atoms with Crippen LogP contribution in [0.2, 0.25) is 0 Å². The maximum Gasteiger partial charge on any atom is 0.393 e. The van der Waals surface area contributed by atoms with Crippen molar-refractivity contribution >= 4 is 0 Å². The average Bonchev–Trinajstić information content (AvgIpc) is 3.23. The van der Waals surface area contributed by atoms with Gasteiger partial charge in [0.15, 0.2) is 0 Å². The predicted octanol–water partition coefficient (Wildman–Crippen LogP) is 4.13. The molecular formula is C15H24F3N. The number of halogens is 3. The molecule has 3 aliphatic rings. The maximum atomic E-state index is 13.0. The van der Waals surface area contributed by atoms with Gasteiger partial charge in [-0.25, -0.2) is 0 Å². The topological polar surface area (TPSA) is 12.0 Å². The van der Waals surface area contributed by atoms with Crippen LogP contribution in [-0.4, -0.2) is 18.8 Å². The highest BCUT2D eigenvalue weighted by Gasteiger charge is 2.46. The van der Waals surface area contributed by atoms with E-state index in [0.717, 1.165) is 31.2 Å². The van der Waals surface area contributed by atoms with Crippen LogP contribution in [0.25, 0.3) is 0 Å². The van der Waals surface area contributed by atoms with Crippen LogP contribution >= 0.6 is 0 Å². The third-order valence-electron chi connectivity index (χ3n) is 5.26. The van der Waals surface area contributed by atoms with Crippen LogP contribution in [0.1, 0.15) is 51.4 Å². The molecule has 19 heavy (non-hydrogen) atoms. The minimum atomic E-state index is -4.02. The van der Waals surface area contributed by atoms with E-state index in [0.29, 0.717) is 18.8 Å². The number of nitrogens with one attached hydrogen (secondary N) is 1. The van der Waals surface area contributed by atoms with E-state index in [-0.39, 0.29) is 6.04 Å². The Morgan fingerprint density at radius 1 is 0.895 bits per heavy atom. The molecule has 4 heteroatoms. The Morgan fingerprint density at radius 2 is 1.47 bits per heavy atom. The third-order valence-corrected chi connectivity index (χ3v) is 5.26. The van der Waals surface area contributed by atoms with Crippen molar-refractivity contribution in [2.45, 2.75) is 63.6 Å². The fourth-order valence-corrected chi connectivity index (χ4v) is 3.82. The Hall–Kier alpha value is -0.250. The highest BCUT2D eigenvalue weighted by Crippen LogP contribution is 2.49. The molecule has 0 spiro atoms. The van der Waals surface area contributed by atoms with Crippen molar-refractivity contribution in [2.24, 2.45) is 23.7 Å². The first-order valence-corrected chi connectivity index (χ1v) is 7.86. The Labute approximate surface area is 113 Å². The summed E-state index contributed by atoms with van der Waals surface area (Å²) < 4.78 is 39.1. The van der Waals surface area contributed by atoms with Gasteiger partial charge in [0.25, 0.3) is 0 Å². The summed E-state index contributed by atoms with van der Waals surface area (Å²) >= 11 is 0. The van der Waals surface area contributed by atoms with Crippen molar-refractivity contribution in [1.82, 2.24) is 5.32 Å². The number of alkyl halides is 3. The Bertz CT molecular complexity index is 295. The van der Waals surface area contributed by atoms with Crippen molar-refractivity contribution in [2.75, 3.05) is 6.54 Å². The van der Waals surface area contributed by atoms with E-state index < -0.39 is 12.1 Å². The van der Waals surface area contributed by atoms with Gasteiger partial charge in [-0.15, -0.1) is 0 Å². The summed E-state index contributed by atoms with van der Waals surface area (Å²) in [6, 6.07) is -0.325. The second kappa shape index (κ2) is 5.27. The van der Waals surface area contributed by atoms with Gasteiger partial charge in [0.2, 0.25) is 0 Å². The molecule has 3 rings (SSSR count). The fourth-order valence-electron chi connectivity index (χ4n) is 3.82. The lowest BCUT2D eigenvalue weighted by Gasteiger charge is -2.34. The molecule has 3 saturated carbocycles. The molecule has 110 valence electrons. The molecule has 2 unspecified atom stereocenters. The van der Waals surface area contributed by atoms with E-state index in [1.54, 1.807) is 0 Å². The predicted molar refractivity (Wildman–Crippen MR) is 68.7 cm³/mol. The van der Waals surface area contributed by atoms with Gasteiger partial charge in [0.1, 0.15) is 0 Å². The molecule has 0 radical (unpaired) electrons. The van der Waals surface area contributed by atoms with Gasteiger partial charge in [-0.2, -0.15) is 13.2 Å². The van der Waals surface area contributed by atoms with Crippen LogP contribution in [0.3, 0.4) is 0 Å². The molecule has 0 aromatic carbocycles. The lowest BCUT2D eigenvalue weighted by atomic mass is 9.83. The molecule has 1 nitrogen and oxygen atoms in total. The minimum absolute atomic E-state index is 0.318. The van der Waals surface area contributed by atoms with E-state index >= 15 is 0 Å². The zero-order valence-corrected chi connectivity index (χ0v) is 11.4. The highest BCUT2D eigenvalue weighted by molar-refractivity contribution is 4.94. The minimum Gasteiger partial charge on any atom is -0.313 e. The van der Waals surface area contributed by atoms with Gasteiger partial charge in [-0.3, -0.25) is 0 Å². The van der Waals surface area contributed by atoms with Gasteiger partial charge < -0.3 is 5.32 Å². The molecule has 0 amide bonds. The number of rotatable bonds is 5. The summed E-state index contributed by atoms with van der Waals surface area (Å²) in [5, 5.41) is 3.30. The molecule has 0 bridgehead atoms. The molecule has 2 atom stereocenters. The molecular weight excluding hydrogens is 251 g/mol. The lowest BCUT2D eigenvalue weighted by Crippen LogP contribution is -2.47. The molecule has 0 heterocycles. The van der Waals surface area contributed by atoms with E-state index in [9.17, 15) is 13.2 Å². The molecule has 3 fully saturated rings. The molecule has 0 aliphatic heterocycles. The quantitative estimate of drug-likeness (QED) is 0.795. The first-order chi connectivity index (χ1) is 9.05. The summed E-state index contributed by atoms with van der Waals surface area (Å²) in [5.74, 6) is 1.18. The van der Waals surface area contributed by atoms with Crippen LogP contribution in [0.15, 0.2) is 0 Å². The summed E-state index contributed by atoms with van der Waals surface area (Å²) in [5.41, 5.74) is 0. The van der Waals surface area contributed by atoms with E-state index in [4.69, 9.17) is 0 Å². The van der Waals surface area contributed by atoms with Crippen LogP contribution < -0.4 is 5.32 Å². The average molecular weight is 275 g/mol. The van der Waals surface area contributed by atoms with Crippen LogP contribution in [0.5, 0.6) is 0 Å². The van der Waals surface area contributed by atoms with E-state index in [1.165, 1.54) is 25.7 Å². The van der Waals surface area contributed by atoms with Crippen LogP contribution in [-0.2, 0) is 0 Å². The number of hydrogen-bond donors (Lipinski definition) is 1. The normalized spacial score (nSPS) is 32.8. The fraction of sp³-hybridized carbons (Fsp3) is 1.00.